The van der Waals surface area contributed by atoms with Gasteiger partial charge < -0.3 is 21.7 Å². The van der Waals surface area contributed by atoms with Crippen LogP contribution >= 0.6 is 0 Å². The number of methoxy groups -OCH3 is 1. The Bertz CT molecular complexity index is 122. The number of halogens is 1. The van der Waals surface area contributed by atoms with Crippen molar-refractivity contribution < 1.29 is 31.1 Å². The van der Waals surface area contributed by atoms with E-state index in [-0.39, 0.29) is 23.0 Å². The molecule has 68 valence electrons. The molecule has 0 bridgehead atoms. The van der Waals surface area contributed by atoms with Gasteiger partial charge in [-0.05, 0) is 0 Å². The average Bonchev–Trinajstić information content (AvgIpc) is 1.81. The van der Waals surface area contributed by atoms with Crippen molar-refractivity contribution in [2.75, 3.05) is 27.7 Å². The van der Waals surface area contributed by atoms with E-state index in [0.717, 1.165) is 0 Å². The van der Waals surface area contributed by atoms with Crippen molar-refractivity contribution >= 4 is 5.97 Å². The zero-order chi connectivity index (χ0) is 8.20. The first kappa shape index (κ1) is 13.5. The molecule has 0 heterocycles. The van der Waals surface area contributed by atoms with Gasteiger partial charge in [-0.15, -0.1) is 0 Å². The lowest BCUT2D eigenvalue weighted by molar-refractivity contribution is -0.901. The van der Waals surface area contributed by atoms with Gasteiger partial charge in [-0.3, -0.25) is 9.39 Å². The van der Waals surface area contributed by atoms with Crippen molar-refractivity contribution in [3.05, 3.63) is 0 Å². The van der Waals surface area contributed by atoms with Gasteiger partial charge in [-0.1, -0.05) is 0 Å². The molecule has 0 atom stereocenters. The molecule has 2 N–H and O–H groups in total. The van der Waals surface area contributed by atoms with Gasteiger partial charge in [0.1, 0.15) is 6.54 Å². The number of hydrogen-bond donors (Lipinski definition) is 1. The maximum Gasteiger partial charge on any atom is 0.311 e. The Hall–Kier alpha value is -0.130. The SMILES string of the molecule is COC(=O)CC[N+](C)(C)N.[Br-]. The summed E-state index contributed by atoms with van der Waals surface area (Å²) in [7, 11) is 5.02. The Balaban J connectivity index is 0. The smallest absolute Gasteiger partial charge is 0.311 e. The third kappa shape index (κ3) is 9.87. The number of rotatable bonds is 3. The highest BCUT2D eigenvalue weighted by Gasteiger charge is 2.11. The Labute approximate surface area is 77.6 Å². The number of ether oxygens (including phenoxy) is 1. The molecule has 5 heteroatoms. The van der Waals surface area contributed by atoms with Gasteiger partial charge in [0.25, 0.3) is 0 Å². The van der Waals surface area contributed by atoms with Crippen LogP contribution in [-0.4, -0.2) is 38.3 Å². The minimum absolute atomic E-state index is 0. The number of nitrogens with zero attached hydrogens (tertiary/aromatic N) is 1. The van der Waals surface area contributed by atoms with Gasteiger partial charge in [0.2, 0.25) is 0 Å². The van der Waals surface area contributed by atoms with Gasteiger partial charge in [-0.2, -0.15) is 5.84 Å². The predicted molar refractivity (Wildman–Crippen MR) is 37.8 cm³/mol. The van der Waals surface area contributed by atoms with Crippen LogP contribution < -0.4 is 22.8 Å². The molecule has 0 aromatic carbocycles. The fourth-order valence-electron chi connectivity index (χ4n) is 0.482. The lowest BCUT2D eigenvalue weighted by atomic mass is 10.4. The van der Waals surface area contributed by atoms with Crippen LogP contribution in [0.3, 0.4) is 0 Å². The molecule has 0 unspecified atom stereocenters. The minimum Gasteiger partial charge on any atom is -1.00 e. The van der Waals surface area contributed by atoms with E-state index in [1.54, 1.807) is 0 Å². The van der Waals surface area contributed by atoms with E-state index in [4.69, 9.17) is 5.84 Å². The number of esters is 1. The summed E-state index contributed by atoms with van der Waals surface area (Å²) in [6, 6.07) is 0. The lowest BCUT2D eigenvalue weighted by Gasteiger charge is -2.21. The molecule has 0 fully saturated rings. The van der Waals surface area contributed by atoms with Crippen molar-refractivity contribution in [2.45, 2.75) is 6.42 Å². The number of hydrogen-bond acceptors (Lipinski definition) is 3. The lowest BCUT2D eigenvalue weighted by Crippen LogP contribution is -3.00. The first-order valence-corrected chi connectivity index (χ1v) is 3.14. The monoisotopic (exact) mass is 226 g/mol. The summed E-state index contributed by atoms with van der Waals surface area (Å²) < 4.78 is 4.74. The van der Waals surface area contributed by atoms with E-state index >= 15 is 0 Å². The maximum absolute atomic E-state index is 10.6. The van der Waals surface area contributed by atoms with E-state index in [2.05, 4.69) is 4.74 Å². The van der Waals surface area contributed by atoms with Crippen molar-refractivity contribution in [3.63, 3.8) is 0 Å². The molecule has 0 amide bonds. The molecule has 0 rings (SSSR count). The largest absolute Gasteiger partial charge is 1.00 e. The first-order valence-electron chi connectivity index (χ1n) is 3.14. The summed E-state index contributed by atoms with van der Waals surface area (Å²) in [4.78, 5) is 10.6. The molecule has 0 aliphatic heterocycles. The van der Waals surface area contributed by atoms with Crippen LogP contribution in [-0.2, 0) is 9.53 Å². The molecule has 0 saturated carbocycles. The molecule has 0 saturated heterocycles. The second-order valence-corrected chi connectivity index (χ2v) is 2.83. The topological polar surface area (TPSA) is 52.3 Å². The number of nitrogens with two attached hydrogens (primary N) is 1. The third-order valence-corrected chi connectivity index (χ3v) is 1.12. The summed E-state index contributed by atoms with van der Waals surface area (Å²) in [5.74, 6) is 5.36. The van der Waals surface area contributed by atoms with E-state index in [1.807, 2.05) is 14.1 Å². The van der Waals surface area contributed by atoms with Crippen LogP contribution in [0.15, 0.2) is 0 Å². The summed E-state index contributed by atoms with van der Waals surface area (Å²) in [6.45, 7) is 0.604. The Morgan fingerprint density at radius 2 is 2.00 bits per heavy atom. The molecule has 0 aliphatic rings. The second-order valence-electron chi connectivity index (χ2n) is 2.83. The van der Waals surface area contributed by atoms with Crippen LogP contribution in [0.5, 0.6) is 0 Å². The number of carbonyl (C=O) groups excluding carboxylic acids is 1. The third-order valence-electron chi connectivity index (χ3n) is 1.12. The van der Waals surface area contributed by atoms with Gasteiger partial charge >= 0.3 is 5.97 Å². The zero-order valence-corrected chi connectivity index (χ0v) is 8.72. The molecule has 0 aliphatic carbocycles. The zero-order valence-electron chi connectivity index (χ0n) is 7.13. The normalized spacial score (nSPS) is 10.2. The van der Waals surface area contributed by atoms with Crippen LogP contribution in [0.1, 0.15) is 6.42 Å². The van der Waals surface area contributed by atoms with Crippen molar-refractivity contribution in [2.24, 2.45) is 5.84 Å². The fraction of sp³-hybridized carbons (Fsp3) is 0.833. The Morgan fingerprint density at radius 3 is 2.27 bits per heavy atom. The molecular weight excluding hydrogens is 212 g/mol. The van der Waals surface area contributed by atoms with Crippen molar-refractivity contribution in [1.82, 2.24) is 0 Å². The molecule has 11 heavy (non-hydrogen) atoms. The van der Waals surface area contributed by atoms with Gasteiger partial charge in [-0.25, -0.2) is 0 Å². The molecule has 0 spiro atoms. The highest BCUT2D eigenvalue weighted by atomic mass is 79.9. The number of carbonyl (C=O) groups is 1. The van der Waals surface area contributed by atoms with Gasteiger partial charge in [0.15, 0.2) is 0 Å². The highest BCUT2D eigenvalue weighted by Crippen LogP contribution is 1.90. The van der Waals surface area contributed by atoms with E-state index in [1.165, 1.54) is 7.11 Å². The van der Waals surface area contributed by atoms with Gasteiger partial charge in [0, 0.05) is 0 Å². The molecule has 0 aromatic heterocycles. The van der Waals surface area contributed by atoms with Crippen LogP contribution in [0, 0.1) is 0 Å². The van der Waals surface area contributed by atoms with Gasteiger partial charge in [0.05, 0.1) is 27.6 Å². The van der Waals surface area contributed by atoms with Crippen LogP contribution in [0.25, 0.3) is 0 Å². The van der Waals surface area contributed by atoms with Crippen LogP contribution in [0.4, 0.5) is 0 Å². The Kier molecular flexibility index (Phi) is 6.74. The summed E-state index contributed by atoms with van der Waals surface area (Å²) in [5, 5.41) is 0. The molecule has 0 aromatic rings. The first-order chi connectivity index (χ1) is 4.45. The van der Waals surface area contributed by atoms with Crippen LogP contribution in [0.2, 0.25) is 0 Å². The average molecular weight is 227 g/mol. The van der Waals surface area contributed by atoms with Crippen molar-refractivity contribution in [3.8, 4) is 0 Å². The molecule has 0 radical (unpaired) electrons. The summed E-state index contributed by atoms with van der Waals surface area (Å²) in [6.07, 6.45) is 0.375. The Morgan fingerprint density at radius 1 is 1.55 bits per heavy atom. The number of quaternary nitrogens is 1. The van der Waals surface area contributed by atoms with E-state index < -0.39 is 0 Å². The summed E-state index contributed by atoms with van der Waals surface area (Å²) >= 11 is 0. The fourth-order valence-corrected chi connectivity index (χ4v) is 0.482. The minimum atomic E-state index is -0.211. The predicted octanol–water partition coefficient (Wildman–Crippen LogP) is -3.50. The van der Waals surface area contributed by atoms with E-state index in [9.17, 15) is 4.79 Å². The van der Waals surface area contributed by atoms with E-state index in [0.29, 0.717) is 17.6 Å². The quantitative estimate of drug-likeness (QED) is 0.235. The van der Waals surface area contributed by atoms with Crippen molar-refractivity contribution in [1.29, 1.82) is 0 Å². The summed E-state index contributed by atoms with van der Waals surface area (Å²) in [5.41, 5.74) is 0. The second kappa shape index (κ2) is 5.51. The standard InChI is InChI=1S/C6H15N2O2.BrH/c1-8(2,7)5-4-6(9)10-3;/h4-5,7H2,1-3H3;1H/q+1;/p-1. The highest BCUT2D eigenvalue weighted by molar-refractivity contribution is 5.69. The molecular formula is C6H15BrN2O2. The maximum atomic E-state index is 10.6. The molecule has 4 nitrogen and oxygen atoms in total.